The average molecular weight is 1440 g/mol. The van der Waals surface area contributed by atoms with E-state index < -0.39 is 0 Å². The Balaban J connectivity index is 1.01. The van der Waals surface area contributed by atoms with E-state index in [1.807, 2.05) is 11.3 Å². The summed E-state index contributed by atoms with van der Waals surface area (Å²) < 4.78 is 7.59. The minimum Gasteiger partial charge on any atom is -0.311 e. The zero-order valence-electron chi connectivity index (χ0n) is 66.0. The largest absolute Gasteiger partial charge is 0.311 e. The van der Waals surface area contributed by atoms with Crippen LogP contribution in [0, 0.1) is 0 Å². The summed E-state index contributed by atoms with van der Waals surface area (Å²) in [5.74, 6) is 0. The molecule has 0 amide bonds. The van der Waals surface area contributed by atoms with Crippen LogP contribution in [0.25, 0.3) is 120 Å². The maximum atomic E-state index is 2.76. The van der Waals surface area contributed by atoms with E-state index in [9.17, 15) is 0 Å². The number of nitrogens with zero attached hydrogens (tertiary/aromatic N) is 4. The molecule has 2 aliphatic rings. The lowest BCUT2D eigenvalue weighted by molar-refractivity contribution is 0.569. The lowest BCUT2D eigenvalue weighted by atomic mass is 9.33. The molecule has 3 aromatic heterocycles. The molecule has 6 heteroatoms. The molecule has 14 aromatic carbocycles. The molecule has 538 valence electrons. The molecule has 0 bridgehead atoms. The molecule has 0 N–H and O–H groups in total. The SMILES string of the molecule is CC(C)(C)c1cccc(-c2cc3c4c(c2)N(c2c(-c5ccccc5)ccc5c2c2ccccc2n5-c2ccccc2)c2cc(-n5c6ccc(C(C)(C)C)cc6c6cc(C(C)(C)C)ccc65)ccc2B4c2ccc(-c4cc(C(C)(C)C)cc(C(C)(C)C)c4)cc2N3c2cc(-c3ccccc3)cc3sc4ccccc4c23)c1. The molecular weight excluding hydrogens is 1350 g/mol. The summed E-state index contributed by atoms with van der Waals surface area (Å²) in [6, 6.07) is 113. The summed E-state index contributed by atoms with van der Waals surface area (Å²) in [6.45, 7) is 35.0. The first-order valence-corrected chi connectivity index (χ1v) is 40.1. The van der Waals surface area contributed by atoms with Crippen molar-refractivity contribution in [2.24, 2.45) is 0 Å². The van der Waals surface area contributed by atoms with Crippen LogP contribution in [0.4, 0.5) is 34.1 Å². The highest BCUT2D eigenvalue weighted by molar-refractivity contribution is 7.26. The van der Waals surface area contributed by atoms with Crippen LogP contribution >= 0.6 is 11.3 Å². The smallest absolute Gasteiger partial charge is 0.252 e. The van der Waals surface area contributed by atoms with E-state index in [2.05, 4.69) is 414 Å². The Morgan fingerprint density at radius 3 is 1.35 bits per heavy atom. The van der Waals surface area contributed by atoms with Crippen molar-refractivity contribution < 1.29 is 0 Å². The van der Waals surface area contributed by atoms with E-state index in [0.717, 1.165) is 67.5 Å². The van der Waals surface area contributed by atoms with Crippen LogP contribution in [0.3, 0.4) is 0 Å². The van der Waals surface area contributed by atoms with Crippen LogP contribution < -0.4 is 26.2 Å². The maximum absolute atomic E-state index is 2.76. The van der Waals surface area contributed by atoms with E-state index in [-0.39, 0.29) is 33.8 Å². The molecule has 0 atom stereocenters. The summed E-state index contributed by atoms with van der Waals surface area (Å²) in [7, 11) is 0. The average Bonchev–Trinajstić information content (AvgIpc) is 0.967. The molecule has 4 nitrogen and oxygen atoms in total. The Bertz CT molecular complexity index is 6510. The highest BCUT2D eigenvalue weighted by Gasteiger charge is 2.46. The van der Waals surface area contributed by atoms with Crippen molar-refractivity contribution >= 4 is 132 Å². The first kappa shape index (κ1) is 69.1. The van der Waals surface area contributed by atoms with Gasteiger partial charge in [0.25, 0.3) is 6.71 Å². The fourth-order valence-corrected chi connectivity index (χ4v) is 19.0. The van der Waals surface area contributed by atoms with Crippen molar-refractivity contribution in [2.45, 2.75) is 131 Å². The van der Waals surface area contributed by atoms with E-state index in [1.165, 1.54) is 130 Å². The number of thiophene rings is 1. The number of aromatic nitrogens is 2. The van der Waals surface area contributed by atoms with E-state index in [0.29, 0.717) is 0 Å². The van der Waals surface area contributed by atoms with Gasteiger partial charge in [-0.3, -0.25) is 0 Å². The van der Waals surface area contributed by atoms with Gasteiger partial charge in [0.2, 0.25) is 0 Å². The molecular formula is C104H93BN4S. The highest BCUT2D eigenvalue weighted by atomic mass is 32.1. The lowest BCUT2D eigenvalue weighted by Crippen LogP contribution is -2.61. The molecule has 17 aromatic rings. The first-order valence-electron chi connectivity index (χ1n) is 39.3. The summed E-state index contributed by atoms with van der Waals surface area (Å²) in [5.41, 5.74) is 33.0. The highest BCUT2D eigenvalue weighted by Crippen LogP contribution is 2.56. The van der Waals surface area contributed by atoms with Crippen LogP contribution in [0.2, 0.25) is 0 Å². The van der Waals surface area contributed by atoms with E-state index in [4.69, 9.17) is 0 Å². The van der Waals surface area contributed by atoms with Gasteiger partial charge in [0.15, 0.2) is 0 Å². The maximum Gasteiger partial charge on any atom is 0.252 e. The van der Waals surface area contributed by atoms with Gasteiger partial charge in [0, 0.05) is 81.4 Å². The molecule has 0 saturated heterocycles. The number of anilines is 6. The van der Waals surface area contributed by atoms with Gasteiger partial charge in [-0.15, -0.1) is 11.3 Å². The van der Waals surface area contributed by atoms with Crippen molar-refractivity contribution in [3.63, 3.8) is 0 Å². The lowest BCUT2D eigenvalue weighted by Gasteiger charge is -2.45. The number of benzene rings is 14. The third-order valence-electron chi connectivity index (χ3n) is 23.8. The van der Waals surface area contributed by atoms with Crippen molar-refractivity contribution in [1.29, 1.82) is 0 Å². The van der Waals surface area contributed by atoms with Crippen LogP contribution in [0.15, 0.2) is 291 Å². The minimum atomic E-state index is -0.250. The molecule has 110 heavy (non-hydrogen) atoms. The third kappa shape index (κ3) is 11.3. The minimum absolute atomic E-state index is 0.0660. The second-order valence-electron chi connectivity index (χ2n) is 36.2. The Morgan fingerprint density at radius 2 is 0.718 bits per heavy atom. The van der Waals surface area contributed by atoms with E-state index >= 15 is 0 Å². The number of fused-ring (bicyclic) bond motifs is 13. The number of hydrogen-bond donors (Lipinski definition) is 0. The van der Waals surface area contributed by atoms with Crippen LogP contribution in [-0.2, 0) is 27.1 Å². The predicted octanol–water partition coefficient (Wildman–Crippen LogP) is 27.5. The second kappa shape index (κ2) is 25.1. The Morgan fingerprint density at radius 1 is 0.255 bits per heavy atom. The number of rotatable bonds is 8. The van der Waals surface area contributed by atoms with Crippen LogP contribution in [-0.4, -0.2) is 15.8 Å². The van der Waals surface area contributed by atoms with Crippen molar-refractivity contribution in [1.82, 2.24) is 9.13 Å². The Labute approximate surface area is 652 Å². The standard InChI is InChI=1S/C104H93BN4S/c1-100(2,3)71-35-29-34-66(52-71)69-57-92-98-93(58-69)109(99-78(65-32-21-17-22-33-65)46-51-88-97(99)79-38-25-27-40-85(79)106(88)76-36-23-18-24-37-76)90-63-77(107-86-49-43-72(101(4,5)6)61-81(86)82-62-73(102(7,8)9)44-50-87(82)107)45-48-84(90)105(98)83-47-42-67(68-53-74(103(10,11)12)60-75(54-68)104(13,14)15)55-89(83)108(92)91-56-70(64-30-19-16-20-31-64)59-95-96(91)80-39-26-28-41-94(80)110-95/h16-63H,1-15H3. The molecule has 0 aliphatic carbocycles. The zero-order chi connectivity index (χ0) is 75.8. The monoisotopic (exact) mass is 1440 g/mol. The molecule has 0 saturated carbocycles. The molecule has 0 unspecified atom stereocenters. The molecule has 2 aliphatic heterocycles. The molecule has 0 spiro atoms. The van der Waals surface area contributed by atoms with Crippen molar-refractivity contribution in [3.05, 3.63) is 319 Å². The van der Waals surface area contributed by atoms with Gasteiger partial charge in [0.1, 0.15) is 0 Å². The number of hydrogen-bond acceptors (Lipinski definition) is 3. The summed E-state index contributed by atoms with van der Waals surface area (Å²) in [4.78, 5) is 5.51. The summed E-state index contributed by atoms with van der Waals surface area (Å²) in [6.07, 6.45) is 0. The van der Waals surface area contributed by atoms with Gasteiger partial charge in [-0.05, 0) is 207 Å². The normalized spacial score (nSPS) is 13.4. The van der Waals surface area contributed by atoms with Crippen LogP contribution in [0.5, 0.6) is 0 Å². The molecule has 5 heterocycles. The van der Waals surface area contributed by atoms with Crippen molar-refractivity contribution in [2.75, 3.05) is 9.80 Å². The van der Waals surface area contributed by atoms with E-state index in [1.54, 1.807) is 0 Å². The summed E-state index contributed by atoms with van der Waals surface area (Å²) in [5, 5.41) is 7.39. The van der Waals surface area contributed by atoms with Crippen LogP contribution in [0.1, 0.15) is 132 Å². The molecule has 19 rings (SSSR count). The number of para-hydroxylation sites is 2. The Hall–Kier alpha value is -11.4. The van der Waals surface area contributed by atoms with Gasteiger partial charge in [0.05, 0.1) is 33.4 Å². The van der Waals surface area contributed by atoms with Gasteiger partial charge in [-0.25, -0.2) is 0 Å². The first-order chi connectivity index (χ1) is 52.7. The van der Waals surface area contributed by atoms with Gasteiger partial charge >= 0.3 is 0 Å². The van der Waals surface area contributed by atoms with Gasteiger partial charge in [-0.2, -0.15) is 0 Å². The van der Waals surface area contributed by atoms with Crippen molar-refractivity contribution in [3.8, 4) is 55.9 Å². The fraction of sp³-hybridized carbons (Fsp3) is 0.192. The summed E-state index contributed by atoms with van der Waals surface area (Å²) >= 11 is 1.90. The van der Waals surface area contributed by atoms with Gasteiger partial charge in [-0.1, -0.05) is 298 Å². The molecule has 0 fully saturated rings. The fourth-order valence-electron chi connectivity index (χ4n) is 17.8. The zero-order valence-corrected chi connectivity index (χ0v) is 66.8. The topological polar surface area (TPSA) is 16.3 Å². The quantitative estimate of drug-likeness (QED) is 0.141. The predicted molar refractivity (Wildman–Crippen MR) is 477 cm³/mol. The Kier molecular flexibility index (Phi) is 15.7. The molecule has 0 radical (unpaired) electrons. The van der Waals surface area contributed by atoms with Gasteiger partial charge < -0.3 is 18.9 Å². The third-order valence-corrected chi connectivity index (χ3v) is 24.9. The second-order valence-corrected chi connectivity index (χ2v) is 37.3.